The highest BCUT2D eigenvalue weighted by atomic mass is 16.5. The molecule has 0 bridgehead atoms. The number of rotatable bonds is 1. The number of fused-ring (bicyclic) bond motifs is 5. The van der Waals surface area contributed by atoms with E-state index in [0.717, 1.165) is 25.7 Å². The zero-order valence-corrected chi connectivity index (χ0v) is 15.0. The second-order valence-electron chi connectivity index (χ2n) is 8.74. The first kappa shape index (κ1) is 16.1. The van der Waals surface area contributed by atoms with E-state index in [1.165, 1.54) is 12.5 Å². The minimum Gasteiger partial charge on any atom is -0.462 e. The van der Waals surface area contributed by atoms with Crippen molar-refractivity contribution in [2.75, 3.05) is 0 Å². The van der Waals surface area contributed by atoms with E-state index in [1.54, 1.807) is 0 Å². The highest BCUT2D eigenvalue weighted by Gasteiger charge is 2.58. The van der Waals surface area contributed by atoms with Crippen LogP contribution in [0.15, 0.2) is 23.8 Å². The molecule has 2 saturated carbocycles. The molecule has 130 valence electrons. The zero-order chi connectivity index (χ0) is 17.1. The van der Waals surface area contributed by atoms with Gasteiger partial charge in [0.25, 0.3) is 0 Å². The van der Waals surface area contributed by atoms with Gasteiger partial charge in [0.1, 0.15) is 6.10 Å². The van der Waals surface area contributed by atoms with Gasteiger partial charge in [-0.25, -0.2) is 0 Å². The molecule has 0 aromatic heterocycles. The molecule has 3 nitrogen and oxygen atoms in total. The Kier molecular flexibility index (Phi) is 3.74. The topological polar surface area (TPSA) is 43.4 Å². The largest absolute Gasteiger partial charge is 0.462 e. The van der Waals surface area contributed by atoms with Crippen molar-refractivity contribution in [3.63, 3.8) is 0 Å². The minimum atomic E-state index is -0.146. The molecule has 0 spiro atoms. The summed E-state index contributed by atoms with van der Waals surface area (Å²) in [6.07, 6.45) is 11.5. The number of carbonyl (C=O) groups is 2. The average Bonchev–Trinajstić information content (AvgIpc) is 2.82. The molecule has 0 unspecified atom stereocenters. The van der Waals surface area contributed by atoms with E-state index in [1.807, 2.05) is 6.08 Å². The Hall–Kier alpha value is -1.38. The van der Waals surface area contributed by atoms with Gasteiger partial charge in [-0.05, 0) is 66.9 Å². The van der Waals surface area contributed by atoms with Crippen molar-refractivity contribution >= 4 is 11.8 Å². The Labute approximate surface area is 144 Å². The van der Waals surface area contributed by atoms with Gasteiger partial charge in [0, 0.05) is 18.8 Å². The fourth-order valence-electron chi connectivity index (χ4n) is 6.58. The van der Waals surface area contributed by atoms with Crippen molar-refractivity contribution in [1.82, 2.24) is 0 Å². The summed E-state index contributed by atoms with van der Waals surface area (Å²) >= 11 is 0. The Morgan fingerprint density at radius 3 is 2.83 bits per heavy atom. The first-order valence-electron chi connectivity index (χ1n) is 9.50. The lowest BCUT2D eigenvalue weighted by Gasteiger charge is -2.54. The van der Waals surface area contributed by atoms with Crippen molar-refractivity contribution in [3.8, 4) is 0 Å². The van der Waals surface area contributed by atoms with E-state index in [9.17, 15) is 9.59 Å². The summed E-state index contributed by atoms with van der Waals surface area (Å²) in [6.45, 7) is 6.24. The third-order valence-corrected chi connectivity index (χ3v) is 7.39. The zero-order valence-electron chi connectivity index (χ0n) is 15.0. The molecule has 3 heteroatoms. The van der Waals surface area contributed by atoms with Crippen LogP contribution in [-0.4, -0.2) is 17.9 Å². The van der Waals surface area contributed by atoms with E-state index in [2.05, 4.69) is 26.0 Å². The predicted octanol–water partition coefficient (Wildman–Crippen LogP) is 4.08. The highest BCUT2D eigenvalue weighted by Crippen LogP contribution is 2.62. The fraction of sp³-hybridized carbons (Fsp3) is 0.714. The number of carbonyl (C=O) groups excluding carboxylic acids is 2. The molecule has 4 rings (SSSR count). The van der Waals surface area contributed by atoms with Crippen LogP contribution in [0.3, 0.4) is 0 Å². The van der Waals surface area contributed by atoms with Gasteiger partial charge in [0.15, 0.2) is 5.78 Å². The van der Waals surface area contributed by atoms with Crippen LogP contribution in [0.1, 0.15) is 52.9 Å². The molecule has 0 amide bonds. The van der Waals surface area contributed by atoms with Crippen LogP contribution >= 0.6 is 0 Å². The lowest BCUT2D eigenvalue weighted by molar-refractivity contribution is -0.156. The Balaban J connectivity index is 1.68. The molecule has 24 heavy (non-hydrogen) atoms. The van der Waals surface area contributed by atoms with E-state index >= 15 is 0 Å². The molecule has 7 atom stereocenters. The van der Waals surface area contributed by atoms with Crippen molar-refractivity contribution in [2.45, 2.75) is 59.0 Å². The minimum absolute atomic E-state index is 0.0710. The molecule has 0 aromatic carbocycles. The first-order chi connectivity index (χ1) is 11.4. The van der Waals surface area contributed by atoms with Crippen LogP contribution in [-0.2, 0) is 14.3 Å². The summed E-state index contributed by atoms with van der Waals surface area (Å²) in [6, 6.07) is 0. The summed E-state index contributed by atoms with van der Waals surface area (Å²) in [5.41, 5.74) is 1.36. The van der Waals surface area contributed by atoms with E-state index in [0.29, 0.717) is 36.0 Å². The van der Waals surface area contributed by atoms with Gasteiger partial charge >= 0.3 is 5.97 Å². The standard InChI is InChI=1S/C21H28O3/c1-12-11-21(3)18(8-9-19(21)24-13(2)22)17-6-4-14-10-15(23)5-7-16(14)20(12)17/h4,6,10,12,16-20H,5,7-9,11H2,1-3H3/t12-,16-,17-,18-,19-,20+,21-/m0/s1. The van der Waals surface area contributed by atoms with Crippen LogP contribution in [0.5, 0.6) is 0 Å². The van der Waals surface area contributed by atoms with Gasteiger partial charge in [-0.3, -0.25) is 9.59 Å². The molecule has 0 saturated heterocycles. The maximum absolute atomic E-state index is 11.8. The van der Waals surface area contributed by atoms with E-state index < -0.39 is 0 Å². The molecule has 0 radical (unpaired) electrons. The lowest BCUT2D eigenvalue weighted by atomic mass is 9.51. The van der Waals surface area contributed by atoms with Gasteiger partial charge < -0.3 is 4.74 Å². The molecule has 0 heterocycles. The van der Waals surface area contributed by atoms with Crippen molar-refractivity contribution in [3.05, 3.63) is 23.8 Å². The number of ether oxygens (including phenoxy) is 1. The van der Waals surface area contributed by atoms with Gasteiger partial charge in [-0.2, -0.15) is 0 Å². The highest BCUT2D eigenvalue weighted by molar-refractivity contribution is 5.91. The number of esters is 1. The third-order valence-electron chi connectivity index (χ3n) is 7.39. The second kappa shape index (κ2) is 5.57. The number of hydrogen-bond acceptors (Lipinski definition) is 3. The normalized spacial score (nSPS) is 46.6. The van der Waals surface area contributed by atoms with E-state index in [4.69, 9.17) is 4.74 Å². The Bertz CT molecular complexity index is 631. The second-order valence-corrected chi connectivity index (χ2v) is 8.74. The number of allylic oxidation sites excluding steroid dienone is 4. The third kappa shape index (κ3) is 2.31. The predicted molar refractivity (Wildman–Crippen MR) is 92.1 cm³/mol. The van der Waals surface area contributed by atoms with Crippen LogP contribution in [0, 0.1) is 35.0 Å². The van der Waals surface area contributed by atoms with Crippen molar-refractivity contribution in [2.24, 2.45) is 35.0 Å². The van der Waals surface area contributed by atoms with Crippen LogP contribution in [0.2, 0.25) is 0 Å². The van der Waals surface area contributed by atoms with Gasteiger partial charge in [0.2, 0.25) is 0 Å². The molecular formula is C21H28O3. The molecule has 2 fully saturated rings. The Morgan fingerprint density at radius 2 is 2.08 bits per heavy atom. The quantitative estimate of drug-likeness (QED) is 0.681. The molecule has 0 aliphatic heterocycles. The van der Waals surface area contributed by atoms with Crippen molar-refractivity contribution < 1.29 is 14.3 Å². The van der Waals surface area contributed by atoms with Crippen LogP contribution in [0.25, 0.3) is 0 Å². The van der Waals surface area contributed by atoms with Crippen LogP contribution < -0.4 is 0 Å². The average molecular weight is 328 g/mol. The van der Waals surface area contributed by atoms with E-state index in [-0.39, 0.29) is 23.3 Å². The first-order valence-corrected chi connectivity index (χ1v) is 9.50. The lowest BCUT2D eigenvalue weighted by Crippen LogP contribution is -2.50. The number of hydrogen-bond donors (Lipinski definition) is 0. The summed E-state index contributed by atoms with van der Waals surface area (Å²) < 4.78 is 5.71. The molecule has 0 N–H and O–H groups in total. The van der Waals surface area contributed by atoms with Crippen molar-refractivity contribution in [1.29, 1.82) is 0 Å². The maximum Gasteiger partial charge on any atom is 0.302 e. The monoisotopic (exact) mass is 328 g/mol. The number of ketones is 1. The fourth-order valence-corrected chi connectivity index (χ4v) is 6.58. The molecule has 0 aromatic rings. The van der Waals surface area contributed by atoms with Crippen LogP contribution in [0.4, 0.5) is 0 Å². The molecule has 4 aliphatic carbocycles. The Morgan fingerprint density at radius 1 is 1.29 bits per heavy atom. The summed E-state index contributed by atoms with van der Waals surface area (Å²) in [7, 11) is 0. The van der Waals surface area contributed by atoms with Gasteiger partial charge in [0.05, 0.1) is 0 Å². The molecular weight excluding hydrogens is 300 g/mol. The molecule has 4 aliphatic rings. The van der Waals surface area contributed by atoms with Gasteiger partial charge in [-0.15, -0.1) is 0 Å². The summed E-state index contributed by atoms with van der Waals surface area (Å²) in [5, 5.41) is 0. The van der Waals surface area contributed by atoms with Gasteiger partial charge in [-0.1, -0.05) is 26.0 Å². The maximum atomic E-state index is 11.8. The SMILES string of the molecule is CC(=O)O[C@H]1CC[C@H]2[C@@H]3C=CC4=CC(=O)CC[C@@H]4[C@H]3[C@@H](C)C[C@]12C. The summed E-state index contributed by atoms with van der Waals surface area (Å²) in [5.74, 6) is 3.08. The summed E-state index contributed by atoms with van der Waals surface area (Å²) in [4.78, 5) is 23.3. The smallest absolute Gasteiger partial charge is 0.302 e.